The Balaban J connectivity index is 2.04. The molecule has 0 saturated heterocycles. The zero-order chi connectivity index (χ0) is 15.2. The SMILES string of the molecule is CC(CNC(=O)c1c[nH]cc1-c1ccccc1)CC(=O)O. The van der Waals surface area contributed by atoms with Crippen LogP contribution in [0.15, 0.2) is 42.7 Å². The number of H-pyrrole nitrogens is 1. The van der Waals surface area contributed by atoms with Crippen LogP contribution < -0.4 is 5.32 Å². The third-order valence-corrected chi connectivity index (χ3v) is 3.21. The van der Waals surface area contributed by atoms with Gasteiger partial charge in [-0.25, -0.2) is 0 Å². The first-order valence-electron chi connectivity index (χ1n) is 6.80. The number of rotatable bonds is 6. The van der Waals surface area contributed by atoms with Crippen molar-refractivity contribution in [3.8, 4) is 11.1 Å². The smallest absolute Gasteiger partial charge is 0.303 e. The Bertz CT molecular complexity index is 619. The Morgan fingerprint density at radius 3 is 2.62 bits per heavy atom. The van der Waals surface area contributed by atoms with E-state index in [1.54, 1.807) is 19.3 Å². The van der Waals surface area contributed by atoms with E-state index in [-0.39, 0.29) is 18.2 Å². The second-order valence-corrected chi connectivity index (χ2v) is 5.06. The molecule has 0 aliphatic rings. The summed E-state index contributed by atoms with van der Waals surface area (Å²) in [5, 5.41) is 11.5. The molecule has 1 aromatic carbocycles. The molecule has 2 rings (SSSR count). The van der Waals surface area contributed by atoms with Gasteiger partial charge in [0.05, 0.1) is 5.56 Å². The highest BCUT2D eigenvalue weighted by Crippen LogP contribution is 2.23. The molecule has 1 aromatic heterocycles. The van der Waals surface area contributed by atoms with Gasteiger partial charge in [0.1, 0.15) is 0 Å². The van der Waals surface area contributed by atoms with Crippen molar-refractivity contribution in [1.29, 1.82) is 0 Å². The number of nitrogens with one attached hydrogen (secondary N) is 2. The van der Waals surface area contributed by atoms with E-state index in [0.717, 1.165) is 11.1 Å². The number of hydrogen-bond acceptors (Lipinski definition) is 2. The van der Waals surface area contributed by atoms with Crippen molar-refractivity contribution < 1.29 is 14.7 Å². The number of carbonyl (C=O) groups is 2. The number of carbonyl (C=O) groups excluding carboxylic acids is 1. The number of aromatic nitrogens is 1. The molecular weight excluding hydrogens is 268 g/mol. The molecule has 0 aliphatic heterocycles. The minimum absolute atomic E-state index is 0.0406. The van der Waals surface area contributed by atoms with Crippen LogP contribution in [0.1, 0.15) is 23.7 Å². The van der Waals surface area contributed by atoms with Crippen molar-refractivity contribution in [1.82, 2.24) is 10.3 Å². The van der Waals surface area contributed by atoms with Crippen molar-refractivity contribution >= 4 is 11.9 Å². The average Bonchev–Trinajstić information content (AvgIpc) is 2.94. The molecule has 2 aromatic rings. The van der Waals surface area contributed by atoms with Crippen LogP contribution in [-0.2, 0) is 4.79 Å². The molecule has 0 radical (unpaired) electrons. The Hall–Kier alpha value is -2.56. The highest BCUT2D eigenvalue weighted by molar-refractivity contribution is 6.00. The number of benzene rings is 1. The summed E-state index contributed by atoms with van der Waals surface area (Å²) in [6.45, 7) is 2.13. The molecule has 1 heterocycles. The van der Waals surface area contributed by atoms with Gasteiger partial charge in [0.25, 0.3) is 5.91 Å². The first-order valence-corrected chi connectivity index (χ1v) is 6.80. The van der Waals surface area contributed by atoms with Crippen LogP contribution >= 0.6 is 0 Å². The van der Waals surface area contributed by atoms with Crippen molar-refractivity contribution in [3.05, 3.63) is 48.3 Å². The van der Waals surface area contributed by atoms with Crippen LogP contribution in [0.3, 0.4) is 0 Å². The van der Waals surface area contributed by atoms with E-state index < -0.39 is 5.97 Å². The fourth-order valence-corrected chi connectivity index (χ4v) is 2.14. The number of carboxylic acids is 1. The standard InChI is InChI=1S/C16H18N2O3/c1-11(7-15(19)20)8-18-16(21)14-10-17-9-13(14)12-5-3-2-4-6-12/h2-6,9-11,17H,7-8H2,1H3,(H,18,21)(H,19,20). The lowest BCUT2D eigenvalue weighted by molar-refractivity contribution is -0.137. The van der Waals surface area contributed by atoms with Crippen LogP contribution in [0, 0.1) is 5.92 Å². The van der Waals surface area contributed by atoms with Crippen molar-refractivity contribution in [3.63, 3.8) is 0 Å². The van der Waals surface area contributed by atoms with Gasteiger partial charge in [0.2, 0.25) is 0 Å². The first-order chi connectivity index (χ1) is 10.1. The summed E-state index contributed by atoms with van der Waals surface area (Å²) in [4.78, 5) is 25.8. The Morgan fingerprint density at radius 1 is 1.24 bits per heavy atom. The summed E-state index contributed by atoms with van der Waals surface area (Å²) in [6, 6.07) is 9.63. The van der Waals surface area contributed by atoms with Crippen LogP contribution in [-0.4, -0.2) is 28.5 Å². The molecular formula is C16H18N2O3. The van der Waals surface area contributed by atoms with E-state index in [2.05, 4.69) is 10.3 Å². The van der Waals surface area contributed by atoms with E-state index in [4.69, 9.17) is 5.11 Å². The Kier molecular flexibility index (Phi) is 4.77. The molecule has 3 N–H and O–H groups in total. The molecule has 0 bridgehead atoms. The van der Waals surface area contributed by atoms with Crippen molar-refractivity contribution in [2.24, 2.45) is 5.92 Å². The quantitative estimate of drug-likeness (QED) is 0.763. The molecule has 0 aliphatic carbocycles. The second kappa shape index (κ2) is 6.74. The lowest BCUT2D eigenvalue weighted by Gasteiger charge is -2.10. The lowest BCUT2D eigenvalue weighted by atomic mass is 10.0. The number of hydrogen-bond donors (Lipinski definition) is 3. The van der Waals surface area contributed by atoms with Gasteiger partial charge >= 0.3 is 5.97 Å². The van der Waals surface area contributed by atoms with Gasteiger partial charge in [-0.05, 0) is 11.5 Å². The largest absolute Gasteiger partial charge is 0.481 e. The third kappa shape index (κ3) is 3.95. The monoisotopic (exact) mass is 286 g/mol. The minimum atomic E-state index is -0.858. The second-order valence-electron chi connectivity index (χ2n) is 5.06. The van der Waals surface area contributed by atoms with Crippen LogP contribution in [0.2, 0.25) is 0 Å². The molecule has 5 nitrogen and oxygen atoms in total. The maximum atomic E-state index is 12.2. The van der Waals surface area contributed by atoms with Gasteiger partial charge in [0.15, 0.2) is 0 Å². The summed E-state index contributed by atoms with van der Waals surface area (Å²) in [5.41, 5.74) is 2.35. The van der Waals surface area contributed by atoms with E-state index in [9.17, 15) is 9.59 Å². The Morgan fingerprint density at radius 2 is 1.95 bits per heavy atom. The number of aromatic amines is 1. The first kappa shape index (κ1) is 14.8. The molecule has 5 heteroatoms. The van der Waals surface area contributed by atoms with E-state index in [1.807, 2.05) is 30.3 Å². The number of aliphatic carboxylic acids is 1. The fourth-order valence-electron chi connectivity index (χ4n) is 2.14. The summed E-state index contributed by atoms with van der Waals surface area (Å²) in [5.74, 6) is -1.17. The lowest BCUT2D eigenvalue weighted by Crippen LogP contribution is -2.29. The summed E-state index contributed by atoms with van der Waals surface area (Å²) >= 11 is 0. The van der Waals surface area contributed by atoms with Gasteiger partial charge < -0.3 is 15.4 Å². The summed E-state index contributed by atoms with van der Waals surface area (Å²) < 4.78 is 0. The van der Waals surface area contributed by atoms with E-state index in [1.165, 1.54) is 0 Å². The van der Waals surface area contributed by atoms with E-state index >= 15 is 0 Å². The molecule has 1 atom stereocenters. The molecule has 0 spiro atoms. The number of carboxylic acid groups (broad SMARTS) is 1. The average molecular weight is 286 g/mol. The zero-order valence-electron chi connectivity index (χ0n) is 11.8. The van der Waals surface area contributed by atoms with Crippen LogP contribution in [0.4, 0.5) is 0 Å². The fraction of sp³-hybridized carbons (Fsp3) is 0.250. The molecule has 1 unspecified atom stereocenters. The van der Waals surface area contributed by atoms with E-state index in [0.29, 0.717) is 12.1 Å². The molecule has 21 heavy (non-hydrogen) atoms. The maximum absolute atomic E-state index is 12.2. The normalized spacial score (nSPS) is 11.9. The third-order valence-electron chi connectivity index (χ3n) is 3.21. The summed E-state index contributed by atoms with van der Waals surface area (Å²) in [7, 11) is 0. The van der Waals surface area contributed by atoms with Gasteiger partial charge in [0, 0.05) is 30.9 Å². The predicted molar refractivity (Wildman–Crippen MR) is 80.0 cm³/mol. The molecule has 110 valence electrons. The minimum Gasteiger partial charge on any atom is -0.481 e. The van der Waals surface area contributed by atoms with Crippen LogP contribution in [0.5, 0.6) is 0 Å². The molecule has 1 amide bonds. The van der Waals surface area contributed by atoms with Gasteiger partial charge in [-0.3, -0.25) is 9.59 Å². The predicted octanol–water partition coefficient (Wildman–Crippen LogP) is 2.52. The highest BCUT2D eigenvalue weighted by Gasteiger charge is 2.15. The van der Waals surface area contributed by atoms with Crippen molar-refractivity contribution in [2.75, 3.05) is 6.54 Å². The van der Waals surface area contributed by atoms with Crippen molar-refractivity contribution in [2.45, 2.75) is 13.3 Å². The zero-order valence-corrected chi connectivity index (χ0v) is 11.8. The maximum Gasteiger partial charge on any atom is 0.303 e. The van der Waals surface area contributed by atoms with Gasteiger partial charge in [-0.1, -0.05) is 37.3 Å². The van der Waals surface area contributed by atoms with Crippen LogP contribution in [0.25, 0.3) is 11.1 Å². The summed E-state index contributed by atoms with van der Waals surface area (Å²) in [6.07, 6.45) is 3.48. The van der Waals surface area contributed by atoms with Gasteiger partial charge in [-0.2, -0.15) is 0 Å². The van der Waals surface area contributed by atoms with Gasteiger partial charge in [-0.15, -0.1) is 0 Å². The molecule has 0 fully saturated rings. The highest BCUT2D eigenvalue weighted by atomic mass is 16.4. The molecule has 0 saturated carbocycles. The number of amides is 1. The topological polar surface area (TPSA) is 82.2 Å². The Labute approximate surface area is 123 Å².